The summed E-state index contributed by atoms with van der Waals surface area (Å²) in [5.41, 5.74) is 0.843. The van der Waals surface area contributed by atoms with Crippen molar-refractivity contribution in [3.05, 3.63) is 47.6 Å². The van der Waals surface area contributed by atoms with E-state index in [9.17, 15) is 9.59 Å². The van der Waals surface area contributed by atoms with Crippen LogP contribution < -0.4 is 5.32 Å². The van der Waals surface area contributed by atoms with Gasteiger partial charge in [-0.05, 0) is 19.4 Å². The van der Waals surface area contributed by atoms with Gasteiger partial charge in [-0.15, -0.1) is 0 Å². The molecule has 2 heterocycles. The zero-order valence-corrected chi connectivity index (χ0v) is 16.8. The van der Waals surface area contributed by atoms with Gasteiger partial charge in [0.1, 0.15) is 6.61 Å². The fourth-order valence-corrected chi connectivity index (χ4v) is 3.36. The molecule has 9 nitrogen and oxygen atoms in total. The average Bonchev–Trinajstić information content (AvgIpc) is 3.18. The summed E-state index contributed by atoms with van der Waals surface area (Å²) in [6.45, 7) is 4.29. The van der Waals surface area contributed by atoms with Gasteiger partial charge in [0.2, 0.25) is 11.8 Å². The number of morpholine rings is 1. The number of ether oxygens (including phenoxy) is 2. The molecule has 0 aliphatic carbocycles. The Bertz CT molecular complexity index is 823. The molecule has 0 unspecified atom stereocenters. The monoisotopic (exact) mass is 402 g/mol. The highest BCUT2D eigenvalue weighted by Gasteiger charge is 2.42. The molecule has 9 heteroatoms. The zero-order valence-electron chi connectivity index (χ0n) is 16.8. The number of benzene rings is 1. The summed E-state index contributed by atoms with van der Waals surface area (Å²) in [4.78, 5) is 31.3. The Morgan fingerprint density at radius 3 is 2.79 bits per heavy atom. The average molecular weight is 402 g/mol. The molecule has 0 radical (unpaired) electrons. The quantitative estimate of drug-likeness (QED) is 0.708. The maximum atomic E-state index is 12.9. The smallest absolute Gasteiger partial charge is 0.252 e. The van der Waals surface area contributed by atoms with Gasteiger partial charge in [-0.25, -0.2) is 0 Å². The van der Waals surface area contributed by atoms with Crippen LogP contribution >= 0.6 is 0 Å². The number of methoxy groups -OCH3 is 1. The molecule has 1 aromatic heterocycles. The van der Waals surface area contributed by atoms with Crippen LogP contribution in [0.15, 0.2) is 34.9 Å². The molecule has 1 N–H and O–H groups in total. The first kappa shape index (κ1) is 20.9. The van der Waals surface area contributed by atoms with Gasteiger partial charge in [0.05, 0.1) is 25.6 Å². The lowest BCUT2D eigenvalue weighted by atomic mass is 9.96. The van der Waals surface area contributed by atoms with E-state index in [0.29, 0.717) is 24.7 Å². The lowest BCUT2D eigenvalue weighted by Gasteiger charge is -2.42. The third-order valence-corrected chi connectivity index (χ3v) is 4.67. The van der Waals surface area contributed by atoms with Gasteiger partial charge < -0.3 is 24.2 Å². The van der Waals surface area contributed by atoms with Gasteiger partial charge in [-0.2, -0.15) is 4.98 Å². The number of hydrogen-bond donors (Lipinski definition) is 1. The van der Waals surface area contributed by atoms with Crippen LogP contribution in [0.2, 0.25) is 0 Å². The Labute approximate surface area is 169 Å². The molecule has 1 aliphatic rings. The van der Waals surface area contributed by atoms with Gasteiger partial charge in [-0.1, -0.05) is 35.5 Å². The largest absolute Gasteiger partial charge is 0.384 e. The van der Waals surface area contributed by atoms with Crippen LogP contribution in [0.25, 0.3) is 0 Å². The van der Waals surface area contributed by atoms with E-state index in [1.165, 1.54) is 0 Å². The number of rotatable bonds is 8. The summed E-state index contributed by atoms with van der Waals surface area (Å²) in [5.74, 6) is 0.344. The third kappa shape index (κ3) is 4.99. The van der Waals surface area contributed by atoms with E-state index in [1.807, 2.05) is 44.2 Å². The number of amides is 2. The highest BCUT2D eigenvalue weighted by atomic mass is 16.5. The van der Waals surface area contributed by atoms with Crippen LogP contribution in [0.1, 0.15) is 37.2 Å². The Morgan fingerprint density at radius 1 is 1.34 bits per heavy atom. The summed E-state index contributed by atoms with van der Waals surface area (Å²) in [6, 6.07) is 8.84. The minimum Gasteiger partial charge on any atom is -0.384 e. The second kappa shape index (κ2) is 9.62. The third-order valence-electron chi connectivity index (χ3n) is 4.67. The van der Waals surface area contributed by atoms with Gasteiger partial charge in [-0.3, -0.25) is 9.59 Å². The number of carbonyl (C=O) groups excluding carboxylic acids is 2. The molecular weight excluding hydrogens is 376 g/mol. The van der Waals surface area contributed by atoms with Crippen LogP contribution in [0.4, 0.5) is 0 Å². The van der Waals surface area contributed by atoms with E-state index in [2.05, 4.69) is 15.5 Å². The van der Waals surface area contributed by atoms with Crippen molar-refractivity contribution in [1.82, 2.24) is 20.4 Å². The molecule has 2 aromatic rings. The van der Waals surface area contributed by atoms with Gasteiger partial charge in [0.15, 0.2) is 11.9 Å². The number of hydrogen-bond acceptors (Lipinski definition) is 7. The Morgan fingerprint density at radius 2 is 2.10 bits per heavy atom. The SMILES string of the molecule is COCCc1nc(CNC(=O)[C@H]2OCC(=O)N(C(C)C)[C@@H]2c2ccccc2)no1. The number of aromatic nitrogens is 2. The van der Waals surface area contributed by atoms with Crippen LogP contribution in [0, 0.1) is 0 Å². The number of nitrogens with one attached hydrogen (secondary N) is 1. The van der Waals surface area contributed by atoms with Gasteiger partial charge >= 0.3 is 0 Å². The Hall–Kier alpha value is -2.78. The lowest BCUT2D eigenvalue weighted by molar-refractivity contribution is -0.167. The van der Waals surface area contributed by atoms with E-state index in [1.54, 1.807) is 12.0 Å². The molecular formula is C20H26N4O5. The van der Waals surface area contributed by atoms with Gasteiger partial charge in [0.25, 0.3) is 5.91 Å². The van der Waals surface area contributed by atoms with E-state index in [4.69, 9.17) is 14.0 Å². The second-order valence-corrected chi connectivity index (χ2v) is 7.05. The second-order valence-electron chi connectivity index (χ2n) is 7.05. The molecule has 1 fully saturated rings. The summed E-state index contributed by atoms with van der Waals surface area (Å²) >= 11 is 0. The molecule has 0 saturated carbocycles. The maximum absolute atomic E-state index is 12.9. The van der Waals surface area contributed by atoms with Crippen LogP contribution in [-0.4, -0.2) is 59.3 Å². The molecule has 0 spiro atoms. The minimum atomic E-state index is -0.836. The fourth-order valence-electron chi connectivity index (χ4n) is 3.36. The van der Waals surface area contributed by atoms with E-state index >= 15 is 0 Å². The van der Waals surface area contributed by atoms with E-state index in [0.717, 1.165) is 5.56 Å². The van der Waals surface area contributed by atoms with Crippen LogP contribution in [-0.2, 0) is 32.0 Å². The van der Waals surface area contributed by atoms with Crippen molar-refractivity contribution in [3.63, 3.8) is 0 Å². The first-order chi connectivity index (χ1) is 14.0. The Kier molecular flexibility index (Phi) is 6.95. The van der Waals surface area contributed by atoms with Crippen molar-refractivity contribution in [2.45, 2.75) is 45.0 Å². The topological polar surface area (TPSA) is 107 Å². The highest BCUT2D eigenvalue weighted by Crippen LogP contribution is 2.32. The first-order valence-electron chi connectivity index (χ1n) is 9.57. The summed E-state index contributed by atoms with van der Waals surface area (Å²) in [7, 11) is 1.59. The van der Waals surface area contributed by atoms with Crippen molar-refractivity contribution in [1.29, 1.82) is 0 Å². The summed E-state index contributed by atoms with van der Waals surface area (Å²) in [5, 5.41) is 6.65. The maximum Gasteiger partial charge on any atom is 0.252 e. The predicted octanol–water partition coefficient (Wildman–Crippen LogP) is 1.25. The minimum absolute atomic E-state index is 0.0764. The van der Waals surface area contributed by atoms with Crippen molar-refractivity contribution in [2.24, 2.45) is 0 Å². The molecule has 0 bridgehead atoms. The standard InChI is InChI=1S/C20H26N4O5/c1-13(2)24-17(25)12-28-19(18(24)14-7-5-4-6-8-14)20(26)21-11-15-22-16(29-23-15)9-10-27-3/h4-8,13,18-19H,9-12H2,1-3H3,(H,21,26)/t18-,19+/m1/s1. The fraction of sp³-hybridized carbons (Fsp3) is 0.500. The molecule has 3 rings (SSSR count). The van der Waals surface area contributed by atoms with Crippen molar-refractivity contribution in [2.75, 3.05) is 20.3 Å². The van der Waals surface area contributed by atoms with Gasteiger partial charge in [0, 0.05) is 13.2 Å². The van der Waals surface area contributed by atoms with Crippen molar-refractivity contribution < 1.29 is 23.6 Å². The van der Waals surface area contributed by atoms with Crippen LogP contribution in [0.5, 0.6) is 0 Å². The first-order valence-corrected chi connectivity index (χ1v) is 9.57. The molecule has 1 aliphatic heterocycles. The lowest BCUT2D eigenvalue weighted by Crippen LogP contribution is -2.56. The zero-order chi connectivity index (χ0) is 20.8. The van der Waals surface area contributed by atoms with Crippen LogP contribution in [0.3, 0.4) is 0 Å². The molecule has 29 heavy (non-hydrogen) atoms. The highest BCUT2D eigenvalue weighted by molar-refractivity contribution is 5.86. The molecule has 156 valence electrons. The molecule has 2 amide bonds. The molecule has 1 saturated heterocycles. The summed E-state index contributed by atoms with van der Waals surface area (Å²) < 4.78 is 15.8. The van der Waals surface area contributed by atoms with E-state index < -0.39 is 12.1 Å². The molecule has 1 aromatic carbocycles. The predicted molar refractivity (Wildman–Crippen MR) is 103 cm³/mol. The molecule has 2 atom stereocenters. The summed E-state index contributed by atoms with van der Waals surface area (Å²) in [6.07, 6.45) is -0.331. The van der Waals surface area contributed by atoms with Crippen molar-refractivity contribution >= 4 is 11.8 Å². The van der Waals surface area contributed by atoms with Crippen molar-refractivity contribution in [3.8, 4) is 0 Å². The normalized spacial score (nSPS) is 19.6. The number of nitrogens with zero attached hydrogens (tertiary/aromatic N) is 3. The van der Waals surface area contributed by atoms with E-state index in [-0.39, 0.29) is 31.0 Å². The Balaban J connectivity index is 1.73. The number of carbonyl (C=O) groups is 2.